The van der Waals surface area contributed by atoms with Gasteiger partial charge in [0.05, 0.1) is 0 Å². The van der Waals surface area contributed by atoms with Gasteiger partial charge in [0.25, 0.3) is 0 Å². The maximum absolute atomic E-state index is 12.9. The first-order valence-corrected chi connectivity index (χ1v) is 6.97. The van der Waals surface area contributed by atoms with Crippen LogP contribution in [-0.4, -0.2) is 41.3 Å². The van der Waals surface area contributed by atoms with Gasteiger partial charge < -0.3 is 15.3 Å². The molecule has 1 saturated heterocycles. The van der Waals surface area contributed by atoms with Crippen molar-refractivity contribution < 1.29 is 18.3 Å². The molecule has 1 fully saturated rings. The second-order valence-corrected chi connectivity index (χ2v) is 5.04. The molecule has 1 unspecified atom stereocenters. The van der Waals surface area contributed by atoms with E-state index in [2.05, 4.69) is 15.3 Å². The van der Waals surface area contributed by atoms with Gasteiger partial charge in [-0.15, -0.1) is 0 Å². The van der Waals surface area contributed by atoms with Crippen molar-refractivity contribution in [1.82, 2.24) is 9.97 Å². The Morgan fingerprint density at radius 3 is 2.76 bits per heavy atom. The Bertz CT molecular complexity index is 479. The normalized spacial score (nSPS) is 19.7. The number of piperidine rings is 1. The first kappa shape index (κ1) is 15.8. The number of nitrogens with zero attached hydrogens (tertiary/aromatic N) is 3. The summed E-state index contributed by atoms with van der Waals surface area (Å²) >= 11 is 0. The summed E-state index contributed by atoms with van der Waals surface area (Å²) in [6.45, 7) is 0.652. The number of hydrogen-bond acceptors (Lipinski definition) is 5. The van der Waals surface area contributed by atoms with Crippen LogP contribution in [0.4, 0.5) is 24.8 Å². The molecule has 1 aliphatic rings. The number of aliphatic hydroxyl groups excluding tert-OH is 1. The Hall–Kier alpha value is -1.57. The molecule has 0 saturated carbocycles. The van der Waals surface area contributed by atoms with E-state index in [4.69, 9.17) is 5.11 Å². The third-order valence-corrected chi connectivity index (χ3v) is 3.61. The van der Waals surface area contributed by atoms with Crippen LogP contribution in [0.3, 0.4) is 0 Å². The first-order valence-electron chi connectivity index (χ1n) is 6.97. The molecule has 2 heterocycles. The molecule has 0 aromatic carbocycles. The average molecular weight is 304 g/mol. The Labute approximate surface area is 121 Å². The monoisotopic (exact) mass is 304 g/mol. The van der Waals surface area contributed by atoms with Gasteiger partial charge in [-0.25, -0.2) is 9.97 Å². The summed E-state index contributed by atoms with van der Waals surface area (Å²) in [6, 6.07) is 1.54. The molecule has 1 atom stereocenters. The van der Waals surface area contributed by atoms with Gasteiger partial charge in [0.1, 0.15) is 11.6 Å². The lowest BCUT2D eigenvalue weighted by molar-refractivity contribution is -0.144. The predicted octanol–water partition coefficient (Wildman–Crippen LogP) is 2.28. The molecule has 0 aliphatic carbocycles. The molecule has 1 aliphatic heterocycles. The molecular formula is C13H19F3N4O. The quantitative estimate of drug-likeness (QED) is 0.893. The van der Waals surface area contributed by atoms with Gasteiger partial charge in [0.15, 0.2) is 0 Å². The highest BCUT2D eigenvalue weighted by Crippen LogP contribution is 2.31. The molecular weight excluding hydrogens is 285 g/mol. The van der Waals surface area contributed by atoms with E-state index < -0.39 is 12.0 Å². The summed E-state index contributed by atoms with van der Waals surface area (Å²) < 4.78 is 38.7. The average Bonchev–Trinajstić information content (AvgIpc) is 2.47. The first-order chi connectivity index (χ1) is 9.95. The van der Waals surface area contributed by atoms with E-state index in [0.29, 0.717) is 13.0 Å². The molecule has 2 rings (SSSR count). The molecule has 118 valence electrons. The standard InChI is InChI=1S/C13H19F3N4O/c1-17-10-8-11(19-12(18-10)13(14,15)16)20-6-3-2-4-9(20)5-7-21/h8-9,21H,2-7H2,1H3,(H,17,18,19). The lowest BCUT2D eigenvalue weighted by atomic mass is 9.99. The molecule has 1 aromatic heterocycles. The van der Waals surface area contributed by atoms with Gasteiger partial charge in [-0.1, -0.05) is 0 Å². The van der Waals surface area contributed by atoms with Crippen molar-refractivity contribution in [1.29, 1.82) is 0 Å². The fourth-order valence-corrected chi connectivity index (χ4v) is 2.59. The molecule has 2 N–H and O–H groups in total. The van der Waals surface area contributed by atoms with E-state index >= 15 is 0 Å². The largest absolute Gasteiger partial charge is 0.451 e. The van der Waals surface area contributed by atoms with Crippen molar-refractivity contribution in [2.45, 2.75) is 37.9 Å². The van der Waals surface area contributed by atoms with E-state index in [9.17, 15) is 13.2 Å². The number of halogens is 3. The number of aromatic nitrogens is 2. The molecule has 5 nitrogen and oxygen atoms in total. The summed E-state index contributed by atoms with van der Waals surface area (Å²) in [6.07, 6.45) is -1.29. The smallest absolute Gasteiger partial charge is 0.396 e. The highest BCUT2D eigenvalue weighted by atomic mass is 19.4. The number of anilines is 2. The van der Waals surface area contributed by atoms with Crippen molar-refractivity contribution in [2.75, 3.05) is 30.4 Å². The summed E-state index contributed by atoms with van der Waals surface area (Å²) in [7, 11) is 1.52. The third kappa shape index (κ3) is 3.75. The minimum Gasteiger partial charge on any atom is -0.396 e. The van der Waals surface area contributed by atoms with Crippen molar-refractivity contribution in [3.05, 3.63) is 11.9 Å². The van der Waals surface area contributed by atoms with Crippen molar-refractivity contribution in [3.63, 3.8) is 0 Å². The maximum atomic E-state index is 12.9. The summed E-state index contributed by atoms with van der Waals surface area (Å²) in [5.74, 6) is -0.738. The van der Waals surface area contributed by atoms with Crippen LogP contribution in [0.1, 0.15) is 31.5 Å². The van der Waals surface area contributed by atoms with Crippen LogP contribution in [0.15, 0.2) is 6.07 Å². The van der Waals surface area contributed by atoms with Crippen LogP contribution in [0.5, 0.6) is 0 Å². The molecule has 0 amide bonds. The SMILES string of the molecule is CNc1cc(N2CCCCC2CCO)nc(C(F)(F)F)n1. The van der Waals surface area contributed by atoms with Crippen molar-refractivity contribution >= 4 is 11.6 Å². The van der Waals surface area contributed by atoms with Crippen LogP contribution in [-0.2, 0) is 6.18 Å². The summed E-state index contributed by atoms with van der Waals surface area (Å²) in [5, 5.41) is 11.8. The lowest BCUT2D eigenvalue weighted by Crippen LogP contribution is -2.41. The number of nitrogens with one attached hydrogen (secondary N) is 1. The molecule has 21 heavy (non-hydrogen) atoms. The van der Waals surface area contributed by atoms with Crippen molar-refractivity contribution in [3.8, 4) is 0 Å². The van der Waals surface area contributed by atoms with Crippen LogP contribution >= 0.6 is 0 Å². The van der Waals surface area contributed by atoms with Gasteiger partial charge in [0, 0.05) is 32.3 Å². The molecule has 0 spiro atoms. The van der Waals surface area contributed by atoms with E-state index in [1.165, 1.54) is 13.1 Å². The molecule has 8 heteroatoms. The minimum atomic E-state index is -4.58. The van der Waals surface area contributed by atoms with Crippen LogP contribution < -0.4 is 10.2 Å². The predicted molar refractivity (Wildman–Crippen MR) is 73.3 cm³/mol. The zero-order valence-corrected chi connectivity index (χ0v) is 11.8. The highest BCUT2D eigenvalue weighted by molar-refractivity contribution is 5.50. The number of rotatable bonds is 4. The molecule has 1 aromatic rings. The van der Waals surface area contributed by atoms with Crippen molar-refractivity contribution in [2.24, 2.45) is 0 Å². The molecule has 0 bridgehead atoms. The van der Waals surface area contributed by atoms with Gasteiger partial charge in [0.2, 0.25) is 5.82 Å². The van der Waals surface area contributed by atoms with Crippen LogP contribution in [0.2, 0.25) is 0 Å². The Balaban J connectivity index is 2.36. The maximum Gasteiger partial charge on any atom is 0.451 e. The van der Waals surface area contributed by atoms with Crippen LogP contribution in [0.25, 0.3) is 0 Å². The number of aliphatic hydroxyl groups is 1. The Kier molecular flexibility index (Phi) is 4.87. The topological polar surface area (TPSA) is 61.3 Å². The summed E-state index contributed by atoms with van der Waals surface area (Å²) in [5.41, 5.74) is 0. The zero-order valence-electron chi connectivity index (χ0n) is 11.8. The zero-order chi connectivity index (χ0) is 15.5. The third-order valence-electron chi connectivity index (χ3n) is 3.61. The number of hydrogen-bond donors (Lipinski definition) is 2. The van der Waals surface area contributed by atoms with Gasteiger partial charge >= 0.3 is 6.18 Å². The fourth-order valence-electron chi connectivity index (χ4n) is 2.59. The fraction of sp³-hybridized carbons (Fsp3) is 0.692. The molecule has 0 radical (unpaired) electrons. The lowest BCUT2D eigenvalue weighted by Gasteiger charge is -2.36. The Morgan fingerprint density at radius 1 is 1.38 bits per heavy atom. The highest BCUT2D eigenvalue weighted by Gasteiger charge is 2.36. The Morgan fingerprint density at radius 2 is 2.14 bits per heavy atom. The van der Waals surface area contributed by atoms with Gasteiger partial charge in [-0.3, -0.25) is 0 Å². The van der Waals surface area contributed by atoms with Gasteiger partial charge in [-0.2, -0.15) is 13.2 Å². The minimum absolute atomic E-state index is 0.0112. The van der Waals surface area contributed by atoms with E-state index in [-0.39, 0.29) is 24.3 Å². The van der Waals surface area contributed by atoms with Crippen LogP contribution in [0, 0.1) is 0 Å². The second-order valence-electron chi connectivity index (χ2n) is 5.04. The van der Waals surface area contributed by atoms with E-state index in [1.807, 2.05) is 4.90 Å². The van der Waals surface area contributed by atoms with E-state index in [1.54, 1.807) is 0 Å². The number of alkyl halides is 3. The second kappa shape index (κ2) is 6.46. The van der Waals surface area contributed by atoms with Gasteiger partial charge in [-0.05, 0) is 25.7 Å². The van der Waals surface area contributed by atoms with E-state index in [0.717, 1.165) is 19.3 Å². The summed E-state index contributed by atoms with van der Waals surface area (Å²) in [4.78, 5) is 8.99.